The van der Waals surface area contributed by atoms with E-state index >= 15 is 0 Å². The zero-order chi connectivity index (χ0) is 10.4. The Balaban J connectivity index is 4.00. The highest BCUT2D eigenvalue weighted by Gasteiger charge is 2.27. The van der Waals surface area contributed by atoms with E-state index in [0.29, 0.717) is 0 Å². The van der Waals surface area contributed by atoms with E-state index in [9.17, 15) is 14.0 Å². The van der Waals surface area contributed by atoms with Crippen LogP contribution in [0.1, 0.15) is 20.8 Å². The van der Waals surface area contributed by atoms with Crippen molar-refractivity contribution in [2.24, 2.45) is 0 Å². The van der Waals surface area contributed by atoms with Crippen LogP contribution in [0, 0.1) is 0 Å². The molecule has 0 aromatic heterocycles. The highest BCUT2D eigenvalue weighted by molar-refractivity contribution is 5.76. The molecule has 0 aromatic rings. The molecule has 0 heterocycles. The van der Waals surface area contributed by atoms with Gasteiger partial charge in [0.1, 0.15) is 6.10 Å². The molecule has 0 fully saturated rings. The molecule has 2 atom stereocenters. The highest BCUT2D eigenvalue weighted by atomic mass is 19.1. The molecule has 0 aromatic carbocycles. The number of alkyl halides is 1. The molecule has 0 N–H and O–H groups in total. The minimum absolute atomic E-state index is 0.103. The lowest BCUT2D eigenvalue weighted by atomic mass is 10.2. The molecule has 0 radical (unpaired) electrons. The Bertz CT molecular complexity index is 193. The Morgan fingerprint density at radius 1 is 1.46 bits per heavy atom. The van der Waals surface area contributed by atoms with Gasteiger partial charge in [0.05, 0.1) is 6.61 Å². The molecule has 0 aliphatic heterocycles. The fraction of sp³-hybridized carbons (Fsp3) is 0.750. The lowest BCUT2D eigenvalue weighted by Crippen LogP contribution is -2.32. The van der Waals surface area contributed by atoms with Crippen molar-refractivity contribution in [1.82, 2.24) is 0 Å². The van der Waals surface area contributed by atoms with Crippen LogP contribution < -0.4 is 0 Å². The van der Waals surface area contributed by atoms with Crippen LogP contribution in [-0.4, -0.2) is 30.8 Å². The lowest BCUT2D eigenvalue weighted by Gasteiger charge is -2.14. The van der Waals surface area contributed by atoms with Gasteiger partial charge in [0.2, 0.25) is 6.17 Å². The summed E-state index contributed by atoms with van der Waals surface area (Å²) in [6, 6.07) is 0. The Labute approximate surface area is 76.0 Å². The summed E-state index contributed by atoms with van der Waals surface area (Å²) in [5.41, 5.74) is 0. The molecule has 0 rings (SSSR count). The van der Waals surface area contributed by atoms with Gasteiger partial charge in [-0.3, -0.25) is 4.79 Å². The number of ether oxygens (including phenoxy) is 2. The average molecular weight is 192 g/mol. The number of hydrogen-bond acceptors (Lipinski definition) is 4. The van der Waals surface area contributed by atoms with Gasteiger partial charge in [-0.05, 0) is 13.8 Å². The summed E-state index contributed by atoms with van der Waals surface area (Å²) in [6.07, 6.45) is -3.01. The van der Waals surface area contributed by atoms with Crippen LogP contribution >= 0.6 is 0 Å². The van der Waals surface area contributed by atoms with Crippen molar-refractivity contribution >= 4 is 11.9 Å². The number of hydrogen-bond donors (Lipinski definition) is 0. The van der Waals surface area contributed by atoms with Crippen molar-refractivity contribution in [2.45, 2.75) is 33.0 Å². The largest absolute Gasteiger partial charge is 0.464 e. The van der Waals surface area contributed by atoms with Crippen molar-refractivity contribution in [3.05, 3.63) is 0 Å². The smallest absolute Gasteiger partial charge is 0.344 e. The summed E-state index contributed by atoms with van der Waals surface area (Å²) in [4.78, 5) is 21.2. The van der Waals surface area contributed by atoms with Crippen LogP contribution in [0.4, 0.5) is 4.39 Å². The molecule has 4 nitrogen and oxygen atoms in total. The molecule has 0 bridgehead atoms. The van der Waals surface area contributed by atoms with E-state index in [1.807, 2.05) is 0 Å². The summed E-state index contributed by atoms with van der Waals surface area (Å²) >= 11 is 0. The van der Waals surface area contributed by atoms with E-state index in [1.54, 1.807) is 6.92 Å². The Morgan fingerprint density at radius 3 is 2.38 bits per heavy atom. The molecule has 76 valence electrons. The first kappa shape index (κ1) is 11.9. The molecule has 0 amide bonds. The monoisotopic (exact) mass is 192 g/mol. The van der Waals surface area contributed by atoms with Crippen molar-refractivity contribution in [1.29, 1.82) is 0 Å². The molecule has 13 heavy (non-hydrogen) atoms. The third-order valence-electron chi connectivity index (χ3n) is 1.28. The summed E-state index contributed by atoms with van der Waals surface area (Å²) < 4.78 is 21.9. The van der Waals surface area contributed by atoms with Gasteiger partial charge in [0, 0.05) is 6.92 Å². The fourth-order valence-electron chi connectivity index (χ4n) is 0.735. The predicted molar refractivity (Wildman–Crippen MR) is 42.8 cm³/mol. The van der Waals surface area contributed by atoms with Crippen molar-refractivity contribution in [3.63, 3.8) is 0 Å². The number of carbonyl (C=O) groups excluding carboxylic acids is 2. The minimum atomic E-state index is -1.91. The van der Waals surface area contributed by atoms with Crippen LogP contribution in [0.2, 0.25) is 0 Å². The zero-order valence-corrected chi connectivity index (χ0v) is 7.87. The topological polar surface area (TPSA) is 52.6 Å². The van der Waals surface area contributed by atoms with Crippen LogP contribution in [0.5, 0.6) is 0 Å². The Morgan fingerprint density at radius 2 is 2.00 bits per heavy atom. The van der Waals surface area contributed by atoms with E-state index in [4.69, 9.17) is 0 Å². The highest BCUT2D eigenvalue weighted by Crippen LogP contribution is 2.05. The van der Waals surface area contributed by atoms with Gasteiger partial charge in [-0.2, -0.15) is 0 Å². The minimum Gasteiger partial charge on any atom is -0.464 e. The van der Waals surface area contributed by atoms with E-state index in [1.165, 1.54) is 6.92 Å². The second-order valence-corrected chi connectivity index (χ2v) is 2.47. The molecular formula is C8H13FO4. The average Bonchev–Trinajstić information content (AvgIpc) is 2.02. The van der Waals surface area contributed by atoms with Crippen LogP contribution in [0.3, 0.4) is 0 Å². The maximum Gasteiger partial charge on any atom is 0.344 e. The molecule has 0 spiro atoms. The summed E-state index contributed by atoms with van der Waals surface area (Å²) in [7, 11) is 0. The maximum atomic E-state index is 13.0. The Kier molecular flexibility index (Phi) is 5.03. The van der Waals surface area contributed by atoms with E-state index in [-0.39, 0.29) is 6.61 Å². The number of carbonyl (C=O) groups is 2. The van der Waals surface area contributed by atoms with E-state index < -0.39 is 24.2 Å². The first-order chi connectivity index (χ1) is 5.99. The molecule has 0 saturated heterocycles. The standard InChI is InChI=1S/C8H13FO4/c1-4-12-8(11)7(9)5(2)13-6(3)10/h5,7H,4H2,1-3H3. The van der Waals surface area contributed by atoms with Gasteiger partial charge in [0.15, 0.2) is 0 Å². The summed E-state index contributed by atoms with van der Waals surface area (Å²) in [6.45, 7) is 4.12. The molecule has 0 aliphatic carbocycles. The maximum absolute atomic E-state index is 13.0. The van der Waals surface area contributed by atoms with Crippen molar-refractivity contribution in [2.75, 3.05) is 6.61 Å². The first-order valence-corrected chi connectivity index (χ1v) is 3.97. The molecule has 0 saturated carbocycles. The summed E-state index contributed by atoms with van der Waals surface area (Å²) in [5.74, 6) is -1.63. The molecule has 0 aliphatic rings. The lowest BCUT2D eigenvalue weighted by molar-refractivity contribution is -0.160. The second kappa shape index (κ2) is 5.50. The second-order valence-electron chi connectivity index (χ2n) is 2.47. The van der Waals surface area contributed by atoms with Gasteiger partial charge < -0.3 is 9.47 Å². The Hall–Kier alpha value is -1.13. The third-order valence-corrected chi connectivity index (χ3v) is 1.28. The zero-order valence-electron chi connectivity index (χ0n) is 7.87. The van der Waals surface area contributed by atoms with Gasteiger partial charge in [0.25, 0.3) is 0 Å². The van der Waals surface area contributed by atoms with Crippen molar-refractivity contribution < 1.29 is 23.5 Å². The number of esters is 2. The predicted octanol–water partition coefficient (Wildman–Crippen LogP) is 0.839. The number of rotatable bonds is 4. The van der Waals surface area contributed by atoms with Gasteiger partial charge in [-0.1, -0.05) is 0 Å². The third kappa shape index (κ3) is 4.45. The SMILES string of the molecule is CCOC(=O)C(F)C(C)OC(C)=O. The molecule has 5 heteroatoms. The molecular weight excluding hydrogens is 179 g/mol. The van der Waals surface area contributed by atoms with E-state index in [2.05, 4.69) is 9.47 Å². The van der Waals surface area contributed by atoms with Gasteiger partial charge in [-0.15, -0.1) is 0 Å². The first-order valence-electron chi connectivity index (χ1n) is 3.97. The van der Waals surface area contributed by atoms with E-state index in [0.717, 1.165) is 6.92 Å². The van der Waals surface area contributed by atoms with Gasteiger partial charge in [-0.25, -0.2) is 9.18 Å². The number of halogens is 1. The normalized spacial score (nSPS) is 14.5. The van der Waals surface area contributed by atoms with Gasteiger partial charge >= 0.3 is 11.9 Å². The fourth-order valence-corrected chi connectivity index (χ4v) is 0.735. The summed E-state index contributed by atoms with van der Waals surface area (Å²) in [5, 5.41) is 0. The molecule has 2 unspecified atom stereocenters. The van der Waals surface area contributed by atoms with Crippen LogP contribution in [-0.2, 0) is 19.1 Å². The van der Waals surface area contributed by atoms with Crippen molar-refractivity contribution in [3.8, 4) is 0 Å². The quantitative estimate of drug-likeness (QED) is 0.619. The van der Waals surface area contributed by atoms with Crippen LogP contribution in [0.25, 0.3) is 0 Å². The van der Waals surface area contributed by atoms with Crippen LogP contribution in [0.15, 0.2) is 0 Å².